The summed E-state index contributed by atoms with van der Waals surface area (Å²) in [4.78, 5) is 0. The Morgan fingerprint density at radius 2 is 1.79 bits per heavy atom. The molecule has 0 bridgehead atoms. The van der Waals surface area contributed by atoms with Crippen molar-refractivity contribution in [3.8, 4) is 0 Å². The van der Waals surface area contributed by atoms with Crippen molar-refractivity contribution >= 4 is 5.69 Å². The van der Waals surface area contributed by atoms with Crippen molar-refractivity contribution in [3.63, 3.8) is 0 Å². The van der Waals surface area contributed by atoms with Crippen LogP contribution in [0.15, 0.2) is 30.3 Å². The first-order valence-corrected chi connectivity index (χ1v) is 5.29. The molecule has 1 unspecified atom stereocenters. The van der Waals surface area contributed by atoms with Crippen molar-refractivity contribution in [1.82, 2.24) is 4.65 Å². The molecule has 0 aliphatic rings. The number of rotatable bonds is 5. The van der Waals surface area contributed by atoms with Gasteiger partial charge in [-0.1, -0.05) is 31.5 Å². The maximum absolute atomic E-state index is 12.1. The Hall–Kier alpha value is -0.860. The zero-order valence-corrected chi connectivity index (χ0v) is 9.07. The van der Waals surface area contributed by atoms with Crippen molar-refractivity contribution in [1.29, 1.82) is 0 Å². The number of benzene rings is 1. The average molecular weight is 193 g/mol. The molecule has 78 valence electrons. The van der Waals surface area contributed by atoms with Gasteiger partial charge < -0.3 is 9.85 Å². The van der Waals surface area contributed by atoms with E-state index in [1.165, 1.54) is 0 Å². The van der Waals surface area contributed by atoms with Crippen LogP contribution in [0.1, 0.15) is 26.2 Å². The van der Waals surface area contributed by atoms with Crippen LogP contribution in [0, 0.1) is 5.21 Å². The van der Waals surface area contributed by atoms with Gasteiger partial charge in [-0.25, -0.2) is 0 Å². The summed E-state index contributed by atoms with van der Waals surface area (Å²) in [6.07, 6.45) is 3.31. The van der Waals surface area contributed by atoms with Gasteiger partial charge in [0.1, 0.15) is 5.69 Å². The van der Waals surface area contributed by atoms with Crippen LogP contribution in [-0.2, 0) is 0 Å². The molecule has 2 heteroatoms. The topological polar surface area (TPSA) is 23.1 Å². The number of hydrogen-bond donors (Lipinski definition) is 0. The lowest BCUT2D eigenvalue weighted by Gasteiger charge is -2.38. The van der Waals surface area contributed by atoms with Gasteiger partial charge in [-0.15, -0.1) is 0 Å². The number of quaternary nitrogens is 1. The van der Waals surface area contributed by atoms with E-state index in [1.54, 1.807) is 7.05 Å². The van der Waals surface area contributed by atoms with Crippen molar-refractivity contribution < 1.29 is 0 Å². The Balaban J connectivity index is 2.56. The number of unbranched alkanes of at least 4 members (excludes halogenated alkanes) is 2. The fourth-order valence-electron chi connectivity index (χ4n) is 1.54. The summed E-state index contributed by atoms with van der Waals surface area (Å²) >= 11 is 0. The molecule has 0 saturated carbocycles. The van der Waals surface area contributed by atoms with E-state index >= 15 is 0 Å². The first kappa shape index (κ1) is 11.2. The van der Waals surface area contributed by atoms with Crippen molar-refractivity contribution in [2.45, 2.75) is 26.2 Å². The maximum Gasteiger partial charge on any atom is 0.132 e. The number of hydroxylamine groups is 2. The predicted octanol–water partition coefficient (Wildman–Crippen LogP) is 3.31. The van der Waals surface area contributed by atoms with Crippen LogP contribution in [0.4, 0.5) is 5.69 Å². The van der Waals surface area contributed by atoms with E-state index in [2.05, 4.69) is 6.92 Å². The average Bonchev–Trinajstić information content (AvgIpc) is 2.19. The quantitative estimate of drug-likeness (QED) is 0.399. The van der Waals surface area contributed by atoms with Gasteiger partial charge in [-0.2, -0.15) is 0 Å². The normalized spacial score (nSPS) is 15.1. The monoisotopic (exact) mass is 193 g/mol. The number of para-hydroxylation sites is 1. The molecular formula is C12H19NO. The summed E-state index contributed by atoms with van der Waals surface area (Å²) in [7, 11) is 1.73. The molecule has 0 heterocycles. The molecule has 0 amide bonds. The van der Waals surface area contributed by atoms with E-state index in [9.17, 15) is 5.21 Å². The molecule has 1 atom stereocenters. The van der Waals surface area contributed by atoms with Crippen molar-refractivity contribution in [2.75, 3.05) is 13.6 Å². The Kier molecular flexibility index (Phi) is 4.11. The third-order valence-electron chi connectivity index (χ3n) is 2.49. The third kappa shape index (κ3) is 3.13. The Labute approximate surface area is 86.3 Å². The highest BCUT2D eigenvalue weighted by Gasteiger charge is 2.12. The van der Waals surface area contributed by atoms with Gasteiger partial charge in [-0.05, 0) is 25.0 Å². The minimum Gasteiger partial charge on any atom is -0.628 e. The highest BCUT2D eigenvalue weighted by molar-refractivity contribution is 5.42. The van der Waals surface area contributed by atoms with Crippen LogP contribution in [0.3, 0.4) is 0 Å². The first-order chi connectivity index (χ1) is 6.67. The largest absolute Gasteiger partial charge is 0.628 e. The summed E-state index contributed by atoms with van der Waals surface area (Å²) in [6.45, 7) is 2.83. The summed E-state index contributed by atoms with van der Waals surface area (Å²) in [5, 5.41) is 12.1. The summed E-state index contributed by atoms with van der Waals surface area (Å²) in [5.41, 5.74) is 0.851. The van der Waals surface area contributed by atoms with Crippen LogP contribution < -0.4 is 4.65 Å². The third-order valence-corrected chi connectivity index (χ3v) is 2.49. The lowest BCUT2D eigenvalue weighted by molar-refractivity contribution is 0.426. The molecule has 0 aromatic heterocycles. The Morgan fingerprint density at radius 3 is 2.36 bits per heavy atom. The molecule has 1 rings (SSSR count). The van der Waals surface area contributed by atoms with Gasteiger partial charge in [-0.3, -0.25) is 0 Å². The molecule has 2 nitrogen and oxygen atoms in total. The van der Waals surface area contributed by atoms with E-state index in [0.717, 1.165) is 24.9 Å². The minimum atomic E-state index is -0.249. The van der Waals surface area contributed by atoms with Gasteiger partial charge in [0.2, 0.25) is 0 Å². The van der Waals surface area contributed by atoms with Gasteiger partial charge in [0.25, 0.3) is 0 Å². The zero-order valence-electron chi connectivity index (χ0n) is 9.07. The molecule has 0 aliphatic heterocycles. The first-order valence-electron chi connectivity index (χ1n) is 5.29. The van der Waals surface area contributed by atoms with Gasteiger partial charge in [0.15, 0.2) is 0 Å². The lowest BCUT2D eigenvalue weighted by Crippen LogP contribution is -2.39. The molecule has 0 radical (unpaired) electrons. The SMILES string of the molecule is CCCCC[N+](C)([O-])c1ccccc1. The fourth-order valence-corrected chi connectivity index (χ4v) is 1.54. The standard InChI is InChI=1S/C12H19NO/c1-3-4-8-11-13(2,14)12-9-6-5-7-10-12/h5-7,9-10H,3-4,8,11H2,1-2H3. The van der Waals surface area contributed by atoms with Gasteiger partial charge >= 0.3 is 0 Å². The zero-order chi connectivity index (χ0) is 10.4. The highest BCUT2D eigenvalue weighted by Crippen LogP contribution is 2.19. The van der Waals surface area contributed by atoms with E-state index in [-0.39, 0.29) is 4.65 Å². The molecule has 0 N–H and O–H groups in total. The Bertz CT molecular complexity index is 256. The van der Waals surface area contributed by atoms with E-state index in [0.29, 0.717) is 6.54 Å². The van der Waals surface area contributed by atoms with Crippen LogP contribution >= 0.6 is 0 Å². The van der Waals surface area contributed by atoms with Gasteiger partial charge in [0.05, 0.1) is 13.6 Å². The van der Waals surface area contributed by atoms with Crippen LogP contribution in [0.2, 0.25) is 0 Å². The molecular weight excluding hydrogens is 174 g/mol. The molecule has 0 spiro atoms. The smallest absolute Gasteiger partial charge is 0.132 e. The molecule has 1 aromatic carbocycles. The van der Waals surface area contributed by atoms with E-state index in [1.807, 2.05) is 30.3 Å². The molecule has 1 aromatic rings. The van der Waals surface area contributed by atoms with Crippen LogP contribution in [0.5, 0.6) is 0 Å². The van der Waals surface area contributed by atoms with Gasteiger partial charge in [0, 0.05) is 0 Å². The second-order valence-corrected chi connectivity index (χ2v) is 3.87. The molecule has 0 aliphatic carbocycles. The summed E-state index contributed by atoms with van der Waals surface area (Å²) in [5.74, 6) is 0. The van der Waals surface area contributed by atoms with Crippen LogP contribution in [-0.4, -0.2) is 13.6 Å². The molecule has 0 fully saturated rings. The summed E-state index contributed by atoms with van der Waals surface area (Å²) < 4.78 is -0.249. The predicted molar refractivity (Wildman–Crippen MR) is 61.9 cm³/mol. The van der Waals surface area contributed by atoms with Crippen molar-refractivity contribution in [2.24, 2.45) is 0 Å². The maximum atomic E-state index is 12.1. The lowest BCUT2D eigenvalue weighted by atomic mass is 10.2. The van der Waals surface area contributed by atoms with Crippen molar-refractivity contribution in [3.05, 3.63) is 35.5 Å². The molecule has 14 heavy (non-hydrogen) atoms. The highest BCUT2D eigenvalue weighted by atomic mass is 16.5. The molecule has 0 saturated heterocycles. The fraction of sp³-hybridized carbons (Fsp3) is 0.500. The van der Waals surface area contributed by atoms with E-state index < -0.39 is 0 Å². The van der Waals surface area contributed by atoms with Crippen LogP contribution in [0.25, 0.3) is 0 Å². The second-order valence-electron chi connectivity index (χ2n) is 3.87. The van der Waals surface area contributed by atoms with E-state index in [4.69, 9.17) is 0 Å². The number of nitrogens with zero attached hydrogens (tertiary/aromatic N) is 1. The summed E-state index contributed by atoms with van der Waals surface area (Å²) in [6, 6.07) is 9.58. The minimum absolute atomic E-state index is 0.249. The second kappa shape index (κ2) is 5.13. The Morgan fingerprint density at radius 1 is 1.14 bits per heavy atom. The number of hydrogen-bond acceptors (Lipinski definition) is 1.